The molecular formula is C14H19N3O8. The Hall–Kier alpha value is -2.24. The van der Waals surface area contributed by atoms with E-state index in [-0.39, 0.29) is 38.3 Å². The van der Waals surface area contributed by atoms with Crippen molar-refractivity contribution in [3.63, 3.8) is 0 Å². The molecule has 1 N–H and O–H groups in total. The van der Waals surface area contributed by atoms with E-state index < -0.39 is 29.3 Å². The topological polar surface area (TPSA) is 138 Å². The number of hydrogen-bond donors (Lipinski definition) is 1. The summed E-state index contributed by atoms with van der Waals surface area (Å²) in [5.41, 5.74) is -2.60. The summed E-state index contributed by atoms with van der Waals surface area (Å²) >= 11 is 0. The third-order valence-electron chi connectivity index (χ3n) is 3.89. The lowest BCUT2D eigenvalue weighted by Crippen LogP contribution is -2.56. The van der Waals surface area contributed by atoms with Gasteiger partial charge in [0.15, 0.2) is 0 Å². The molecule has 0 bridgehead atoms. The van der Waals surface area contributed by atoms with Crippen LogP contribution in [0.2, 0.25) is 0 Å². The van der Waals surface area contributed by atoms with E-state index in [2.05, 4.69) is 0 Å². The van der Waals surface area contributed by atoms with Gasteiger partial charge in [0.1, 0.15) is 6.23 Å². The molecule has 0 saturated carbocycles. The highest BCUT2D eigenvalue weighted by atomic mass is 16.6. The first-order valence-electron chi connectivity index (χ1n) is 7.89. The summed E-state index contributed by atoms with van der Waals surface area (Å²) in [6.07, 6.45) is -2.22. The Labute approximate surface area is 141 Å². The largest absolute Gasteiger partial charge is 0.466 e. The predicted octanol–water partition coefficient (Wildman–Crippen LogP) is -2.59. The number of hydrogen-bond acceptors (Lipinski definition) is 8. The first kappa shape index (κ1) is 17.6. The Morgan fingerprint density at radius 2 is 1.60 bits per heavy atom. The molecule has 2 saturated heterocycles. The van der Waals surface area contributed by atoms with Crippen LogP contribution in [0.15, 0.2) is 14.4 Å². The number of carbonyl (C=O) groups excluding carboxylic acids is 1. The number of ether oxygens (including phenoxy) is 3. The standard InChI is InChI=1S/C14H19N3O8/c1-8(18)23-3-2-11(19)17-13(21)15(4-9-6-24-9)12(20)16(14(17)22)5-10-7-25-10/h9-11,19H,2-7H2,1H3. The molecule has 2 aliphatic heterocycles. The fourth-order valence-corrected chi connectivity index (χ4v) is 2.41. The van der Waals surface area contributed by atoms with Crippen molar-refractivity contribution in [3.05, 3.63) is 31.5 Å². The molecule has 25 heavy (non-hydrogen) atoms. The fraction of sp³-hybridized carbons (Fsp3) is 0.714. The second kappa shape index (κ2) is 6.94. The minimum absolute atomic E-state index is 0.000135. The number of nitrogens with zero attached hydrogens (tertiary/aromatic N) is 3. The van der Waals surface area contributed by atoms with Crippen LogP contribution in [0.4, 0.5) is 0 Å². The number of aliphatic hydroxyl groups excluding tert-OH is 1. The zero-order valence-corrected chi connectivity index (χ0v) is 13.6. The first-order chi connectivity index (χ1) is 11.9. The van der Waals surface area contributed by atoms with Crippen molar-refractivity contribution in [1.82, 2.24) is 13.7 Å². The molecule has 0 spiro atoms. The van der Waals surface area contributed by atoms with Crippen molar-refractivity contribution in [2.75, 3.05) is 19.8 Å². The molecule has 0 aliphatic carbocycles. The summed E-state index contributed by atoms with van der Waals surface area (Å²) in [4.78, 5) is 48.3. The monoisotopic (exact) mass is 357 g/mol. The maximum atomic E-state index is 12.5. The van der Waals surface area contributed by atoms with Gasteiger partial charge in [-0.2, -0.15) is 0 Å². The zero-order chi connectivity index (χ0) is 18.1. The van der Waals surface area contributed by atoms with Gasteiger partial charge in [-0.1, -0.05) is 0 Å². The molecule has 0 aromatic carbocycles. The number of epoxide rings is 2. The van der Waals surface area contributed by atoms with E-state index in [1.807, 2.05) is 0 Å². The minimum Gasteiger partial charge on any atom is -0.466 e. The van der Waals surface area contributed by atoms with Gasteiger partial charge in [-0.3, -0.25) is 4.79 Å². The summed E-state index contributed by atoms with van der Waals surface area (Å²) < 4.78 is 17.1. The van der Waals surface area contributed by atoms with Crippen LogP contribution in [0, 0.1) is 0 Å². The van der Waals surface area contributed by atoms with Gasteiger partial charge in [0.05, 0.1) is 45.1 Å². The van der Waals surface area contributed by atoms with Crippen molar-refractivity contribution < 1.29 is 24.1 Å². The SMILES string of the molecule is CC(=O)OCCC(O)n1c(=O)n(CC2CO2)c(=O)n(CC2CO2)c1=O. The number of aliphatic hydroxyl groups is 1. The van der Waals surface area contributed by atoms with E-state index in [0.717, 1.165) is 9.13 Å². The molecule has 11 heteroatoms. The Morgan fingerprint density at radius 1 is 1.12 bits per heavy atom. The summed E-state index contributed by atoms with van der Waals surface area (Å²) in [6.45, 7) is 1.88. The Morgan fingerprint density at radius 3 is 2.00 bits per heavy atom. The Kier molecular flexibility index (Phi) is 4.88. The lowest BCUT2D eigenvalue weighted by molar-refractivity contribution is -0.142. The van der Waals surface area contributed by atoms with Gasteiger partial charge in [0.2, 0.25) is 0 Å². The van der Waals surface area contributed by atoms with Crippen molar-refractivity contribution in [2.24, 2.45) is 0 Å². The molecule has 3 atom stereocenters. The third-order valence-corrected chi connectivity index (χ3v) is 3.89. The van der Waals surface area contributed by atoms with Crippen molar-refractivity contribution >= 4 is 5.97 Å². The van der Waals surface area contributed by atoms with Gasteiger partial charge in [0, 0.05) is 13.3 Å². The Bertz CT molecular complexity index is 778. The van der Waals surface area contributed by atoms with E-state index in [1.54, 1.807) is 0 Å². The van der Waals surface area contributed by atoms with Gasteiger partial charge in [0.25, 0.3) is 0 Å². The normalized spacial score (nSPS) is 22.5. The zero-order valence-electron chi connectivity index (χ0n) is 13.6. The molecule has 0 radical (unpaired) electrons. The quantitative estimate of drug-likeness (QED) is 0.395. The molecule has 3 heterocycles. The summed E-state index contributed by atoms with van der Waals surface area (Å²) in [7, 11) is 0. The fourth-order valence-electron chi connectivity index (χ4n) is 2.41. The molecule has 0 amide bonds. The molecule has 1 aromatic rings. The second-order valence-electron chi connectivity index (χ2n) is 5.96. The predicted molar refractivity (Wildman–Crippen MR) is 81.2 cm³/mol. The van der Waals surface area contributed by atoms with Crippen LogP contribution < -0.4 is 17.1 Å². The van der Waals surface area contributed by atoms with Crippen LogP contribution >= 0.6 is 0 Å². The van der Waals surface area contributed by atoms with Gasteiger partial charge in [-0.15, -0.1) is 0 Å². The van der Waals surface area contributed by atoms with Gasteiger partial charge in [-0.05, 0) is 0 Å². The summed E-state index contributed by atoms with van der Waals surface area (Å²) in [5, 5.41) is 10.2. The van der Waals surface area contributed by atoms with Gasteiger partial charge < -0.3 is 19.3 Å². The molecule has 3 unspecified atom stereocenters. The Balaban J connectivity index is 1.96. The highest BCUT2D eigenvalue weighted by Crippen LogP contribution is 2.11. The molecule has 1 aromatic heterocycles. The average Bonchev–Trinajstić information content (AvgIpc) is 3.43. The molecule has 2 fully saturated rings. The summed E-state index contributed by atoms with van der Waals surface area (Å²) in [5.74, 6) is -0.543. The number of carbonyl (C=O) groups is 1. The van der Waals surface area contributed by atoms with Crippen LogP contribution in [-0.2, 0) is 32.1 Å². The summed E-state index contributed by atoms with van der Waals surface area (Å²) in [6, 6.07) is 0. The number of rotatable bonds is 8. The highest BCUT2D eigenvalue weighted by Gasteiger charge is 2.30. The van der Waals surface area contributed by atoms with E-state index in [4.69, 9.17) is 14.2 Å². The van der Waals surface area contributed by atoms with E-state index in [1.165, 1.54) is 6.92 Å². The van der Waals surface area contributed by atoms with Gasteiger partial charge in [-0.25, -0.2) is 28.1 Å². The van der Waals surface area contributed by atoms with Crippen LogP contribution in [-0.4, -0.2) is 56.8 Å². The number of esters is 1. The molecule has 11 nitrogen and oxygen atoms in total. The first-order valence-corrected chi connectivity index (χ1v) is 7.89. The average molecular weight is 357 g/mol. The lowest BCUT2D eigenvalue weighted by atomic mass is 10.4. The van der Waals surface area contributed by atoms with E-state index in [0.29, 0.717) is 17.8 Å². The highest BCUT2D eigenvalue weighted by molar-refractivity contribution is 5.65. The molecular weight excluding hydrogens is 338 g/mol. The third kappa shape index (κ3) is 4.06. The van der Waals surface area contributed by atoms with Crippen LogP contribution in [0.3, 0.4) is 0 Å². The maximum Gasteiger partial charge on any atom is 0.338 e. The molecule has 138 valence electrons. The van der Waals surface area contributed by atoms with Crippen LogP contribution in [0.1, 0.15) is 19.6 Å². The maximum absolute atomic E-state index is 12.5. The van der Waals surface area contributed by atoms with Gasteiger partial charge >= 0.3 is 23.0 Å². The van der Waals surface area contributed by atoms with Crippen molar-refractivity contribution in [1.29, 1.82) is 0 Å². The van der Waals surface area contributed by atoms with Crippen LogP contribution in [0.25, 0.3) is 0 Å². The smallest absolute Gasteiger partial charge is 0.338 e. The van der Waals surface area contributed by atoms with Crippen molar-refractivity contribution in [2.45, 2.75) is 44.9 Å². The van der Waals surface area contributed by atoms with E-state index in [9.17, 15) is 24.3 Å². The number of aromatic nitrogens is 3. The minimum atomic E-state index is -1.53. The second-order valence-corrected chi connectivity index (χ2v) is 5.96. The molecule has 2 aliphatic rings. The van der Waals surface area contributed by atoms with Crippen molar-refractivity contribution in [3.8, 4) is 0 Å². The molecule has 3 rings (SSSR count). The van der Waals surface area contributed by atoms with E-state index >= 15 is 0 Å². The van der Waals surface area contributed by atoms with Crippen LogP contribution in [0.5, 0.6) is 0 Å². The lowest BCUT2D eigenvalue weighted by Gasteiger charge is -2.17.